The predicted octanol–water partition coefficient (Wildman–Crippen LogP) is 3.75. The minimum absolute atomic E-state index is 0.562. The molecule has 0 saturated heterocycles. The number of thiazole rings is 1. The zero-order valence-corrected chi connectivity index (χ0v) is 9.87. The second kappa shape index (κ2) is 3.83. The van der Waals surface area contributed by atoms with Gasteiger partial charge in [0.15, 0.2) is 0 Å². The fourth-order valence-corrected chi connectivity index (χ4v) is 2.49. The van der Waals surface area contributed by atoms with E-state index < -0.39 is 0 Å². The highest BCUT2D eigenvalue weighted by molar-refractivity contribution is 7.16. The van der Waals surface area contributed by atoms with Gasteiger partial charge >= 0.3 is 0 Å². The van der Waals surface area contributed by atoms with E-state index in [1.807, 2.05) is 11.7 Å². The lowest BCUT2D eigenvalue weighted by atomic mass is 10.0. The van der Waals surface area contributed by atoms with Crippen molar-refractivity contribution in [3.05, 3.63) is 35.3 Å². The first-order valence-corrected chi connectivity index (χ1v) is 6.29. The van der Waals surface area contributed by atoms with Crippen LogP contribution in [-0.4, -0.2) is 11.2 Å². The lowest BCUT2D eigenvalue weighted by Crippen LogP contribution is -1.99. The summed E-state index contributed by atoms with van der Waals surface area (Å²) in [6.07, 6.45) is 5.31. The molecule has 0 spiro atoms. The molecular weight excluding hydrogens is 216 g/mol. The molecule has 0 radical (unpaired) electrons. The monoisotopic (exact) mass is 228 g/mol. The maximum atomic E-state index is 4.48. The summed E-state index contributed by atoms with van der Waals surface area (Å²) in [5.41, 5.74) is 5.20. The van der Waals surface area contributed by atoms with Gasteiger partial charge < -0.3 is 0 Å². The largest absolute Gasteiger partial charge is 0.261 e. The number of hydrogen-bond acceptors (Lipinski definition) is 3. The standard InChI is InChI=1S/C13H12N2S/c1-9-2-4-11(14-7-9)10-3-5-13-12(6-10)15-8-16-13/h3-9H,2H2,1H3. The van der Waals surface area contributed by atoms with E-state index in [1.165, 1.54) is 10.3 Å². The highest BCUT2D eigenvalue weighted by Crippen LogP contribution is 2.26. The Balaban J connectivity index is 2.03. The first-order chi connectivity index (χ1) is 7.83. The Morgan fingerprint density at radius 3 is 3.12 bits per heavy atom. The summed E-state index contributed by atoms with van der Waals surface area (Å²) >= 11 is 1.67. The average molecular weight is 228 g/mol. The second-order valence-electron chi connectivity index (χ2n) is 4.12. The molecule has 2 nitrogen and oxygen atoms in total. The number of nitrogens with zero attached hydrogens (tertiary/aromatic N) is 2. The van der Waals surface area contributed by atoms with E-state index in [1.54, 1.807) is 11.3 Å². The number of benzene rings is 1. The lowest BCUT2D eigenvalue weighted by Gasteiger charge is -2.10. The topological polar surface area (TPSA) is 25.2 Å². The highest BCUT2D eigenvalue weighted by atomic mass is 32.1. The van der Waals surface area contributed by atoms with Gasteiger partial charge in [-0.2, -0.15) is 0 Å². The maximum absolute atomic E-state index is 4.48. The molecule has 0 fully saturated rings. The van der Waals surface area contributed by atoms with Gasteiger partial charge in [0.05, 0.1) is 21.4 Å². The van der Waals surface area contributed by atoms with Crippen LogP contribution in [0.25, 0.3) is 15.9 Å². The summed E-state index contributed by atoms with van der Waals surface area (Å²) < 4.78 is 1.23. The molecule has 0 amide bonds. The van der Waals surface area contributed by atoms with Crippen LogP contribution in [0.2, 0.25) is 0 Å². The normalized spacial score (nSPS) is 20.1. The van der Waals surface area contributed by atoms with Gasteiger partial charge in [0.1, 0.15) is 0 Å². The third-order valence-corrected chi connectivity index (χ3v) is 3.59. The van der Waals surface area contributed by atoms with Crippen LogP contribution in [0.15, 0.2) is 34.8 Å². The zero-order valence-electron chi connectivity index (χ0n) is 9.05. The van der Waals surface area contributed by atoms with Crippen LogP contribution in [0, 0.1) is 5.92 Å². The molecular formula is C13H12N2S. The number of fused-ring (bicyclic) bond motifs is 1. The highest BCUT2D eigenvalue weighted by Gasteiger charge is 2.08. The Hall–Kier alpha value is -1.48. The average Bonchev–Trinajstić information content (AvgIpc) is 2.77. The molecule has 1 atom stereocenters. The Morgan fingerprint density at radius 1 is 1.38 bits per heavy atom. The van der Waals surface area contributed by atoms with Gasteiger partial charge in [0.25, 0.3) is 0 Å². The van der Waals surface area contributed by atoms with Gasteiger partial charge in [-0.1, -0.05) is 19.1 Å². The smallest absolute Gasteiger partial charge is 0.0818 e. The van der Waals surface area contributed by atoms with Crippen molar-refractivity contribution in [3.63, 3.8) is 0 Å². The van der Waals surface area contributed by atoms with Crippen molar-refractivity contribution in [2.75, 3.05) is 0 Å². The molecule has 80 valence electrons. The van der Waals surface area contributed by atoms with Crippen molar-refractivity contribution in [1.29, 1.82) is 0 Å². The quantitative estimate of drug-likeness (QED) is 0.729. The first-order valence-electron chi connectivity index (χ1n) is 5.41. The lowest BCUT2D eigenvalue weighted by molar-refractivity contribution is 0.799. The zero-order chi connectivity index (χ0) is 11.0. The van der Waals surface area contributed by atoms with E-state index in [0.29, 0.717) is 5.92 Å². The van der Waals surface area contributed by atoms with Crippen LogP contribution in [0.3, 0.4) is 0 Å². The fourth-order valence-electron chi connectivity index (χ4n) is 1.83. The van der Waals surface area contributed by atoms with Gasteiger partial charge in [-0.05, 0) is 24.5 Å². The molecule has 0 bridgehead atoms. The fraction of sp³-hybridized carbons (Fsp3) is 0.231. The summed E-state index contributed by atoms with van der Waals surface area (Å²) in [5, 5.41) is 0. The van der Waals surface area contributed by atoms with Crippen molar-refractivity contribution < 1.29 is 0 Å². The predicted molar refractivity (Wildman–Crippen MR) is 69.9 cm³/mol. The second-order valence-corrected chi connectivity index (χ2v) is 5.00. The number of allylic oxidation sites excluding steroid dienone is 1. The summed E-state index contributed by atoms with van der Waals surface area (Å²) in [5.74, 6) is 0.562. The van der Waals surface area contributed by atoms with E-state index in [-0.39, 0.29) is 0 Å². The molecule has 2 aromatic rings. The van der Waals surface area contributed by atoms with Crippen molar-refractivity contribution in [2.45, 2.75) is 13.3 Å². The van der Waals surface area contributed by atoms with Crippen LogP contribution in [-0.2, 0) is 0 Å². The third-order valence-electron chi connectivity index (χ3n) is 2.78. The molecule has 1 aromatic heterocycles. The van der Waals surface area contributed by atoms with E-state index in [4.69, 9.17) is 0 Å². The molecule has 1 unspecified atom stereocenters. The van der Waals surface area contributed by atoms with Crippen molar-refractivity contribution in [3.8, 4) is 0 Å². The molecule has 0 aliphatic carbocycles. The van der Waals surface area contributed by atoms with Crippen molar-refractivity contribution in [1.82, 2.24) is 4.98 Å². The van der Waals surface area contributed by atoms with Crippen LogP contribution in [0.4, 0.5) is 0 Å². The van der Waals surface area contributed by atoms with Crippen LogP contribution in [0.1, 0.15) is 18.9 Å². The molecule has 16 heavy (non-hydrogen) atoms. The Labute approximate surface area is 98.4 Å². The number of rotatable bonds is 1. The first kappa shape index (κ1) is 9.73. The summed E-state index contributed by atoms with van der Waals surface area (Å²) in [6, 6.07) is 6.36. The van der Waals surface area contributed by atoms with Crippen LogP contribution >= 0.6 is 11.3 Å². The van der Waals surface area contributed by atoms with Crippen LogP contribution in [0.5, 0.6) is 0 Å². The molecule has 0 N–H and O–H groups in total. The SMILES string of the molecule is CC1C=NC(c2ccc3scnc3c2)=CC1. The molecule has 3 rings (SSSR count). The van der Waals surface area contributed by atoms with Crippen molar-refractivity contribution in [2.24, 2.45) is 10.9 Å². The maximum Gasteiger partial charge on any atom is 0.0818 e. The van der Waals surface area contributed by atoms with Gasteiger partial charge in [-0.25, -0.2) is 4.98 Å². The molecule has 1 aliphatic heterocycles. The summed E-state index contributed by atoms with van der Waals surface area (Å²) in [6.45, 7) is 2.18. The molecule has 0 saturated carbocycles. The molecule has 2 heterocycles. The third kappa shape index (κ3) is 1.67. The minimum atomic E-state index is 0.562. The van der Waals surface area contributed by atoms with Crippen LogP contribution < -0.4 is 0 Å². The van der Waals surface area contributed by atoms with E-state index in [0.717, 1.165) is 17.6 Å². The summed E-state index contributed by atoms with van der Waals surface area (Å²) in [7, 11) is 0. The van der Waals surface area contributed by atoms with Gasteiger partial charge in [-0.15, -0.1) is 11.3 Å². The Kier molecular flexibility index (Phi) is 2.33. The molecule has 1 aliphatic rings. The van der Waals surface area contributed by atoms with E-state index in [9.17, 15) is 0 Å². The molecule has 1 aromatic carbocycles. The van der Waals surface area contributed by atoms with Gasteiger partial charge in [0, 0.05) is 11.8 Å². The van der Waals surface area contributed by atoms with Gasteiger partial charge in [0.2, 0.25) is 0 Å². The van der Waals surface area contributed by atoms with Gasteiger partial charge in [-0.3, -0.25) is 4.99 Å². The number of aliphatic imine (C=N–C) groups is 1. The van der Waals surface area contributed by atoms with E-state index >= 15 is 0 Å². The minimum Gasteiger partial charge on any atom is -0.261 e. The number of hydrogen-bond donors (Lipinski definition) is 0. The summed E-state index contributed by atoms with van der Waals surface area (Å²) in [4.78, 5) is 8.81. The Morgan fingerprint density at radius 2 is 2.31 bits per heavy atom. The molecule has 3 heteroatoms. The van der Waals surface area contributed by atoms with Crippen molar-refractivity contribution >= 4 is 33.5 Å². The Bertz CT molecular complexity index is 580. The van der Waals surface area contributed by atoms with E-state index in [2.05, 4.69) is 41.2 Å². The number of aromatic nitrogens is 1.